The van der Waals surface area contributed by atoms with Crippen LogP contribution in [0.25, 0.3) is 22.3 Å². The zero-order chi connectivity index (χ0) is 15.6. The molecule has 5 nitrogen and oxygen atoms in total. The van der Waals surface area contributed by atoms with Gasteiger partial charge in [0.2, 0.25) is 5.95 Å². The van der Waals surface area contributed by atoms with E-state index in [1.165, 1.54) is 0 Å². The number of anilines is 1. The number of hydrogen-bond donors (Lipinski definition) is 2. The Kier molecular flexibility index (Phi) is 3.38. The Morgan fingerprint density at radius 3 is 3.09 bits per heavy atom. The van der Waals surface area contributed by atoms with Gasteiger partial charge in [-0.2, -0.15) is 0 Å². The summed E-state index contributed by atoms with van der Waals surface area (Å²) in [4.78, 5) is 16.4. The average molecular weight is 303 g/mol. The molecular weight excluding hydrogens is 286 g/mol. The molecule has 0 fully saturated rings. The number of hydrogen-bond acceptors (Lipinski definition) is 4. The van der Waals surface area contributed by atoms with Crippen molar-refractivity contribution < 1.29 is 0 Å². The van der Waals surface area contributed by atoms with E-state index in [4.69, 9.17) is 0 Å². The van der Waals surface area contributed by atoms with E-state index in [1.54, 1.807) is 12.5 Å². The van der Waals surface area contributed by atoms with Crippen LogP contribution in [0.5, 0.6) is 0 Å². The Morgan fingerprint density at radius 1 is 1.22 bits per heavy atom. The minimum absolute atomic E-state index is 0.452. The van der Waals surface area contributed by atoms with Gasteiger partial charge >= 0.3 is 0 Å². The van der Waals surface area contributed by atoms with E-state index >= 15 is 0 Å². The molecular formula is C18H17N5. The smallest absolute Gasteiger partial charge is 0.227 e. The zero-order valence-electron chi connectivity index (χ0n) is 12.8. The molecule has 3 aromatic rings. The highest BCUT2D eigenvalue weighted by Crippen LogP contribution is 2.24. The van der Waals surface area contributed by atoms with Crippen LogP contribution in [0, 0.1) is 5.92 Å². The second-order valence-corrected chi connectivity index (χ2v) is 5.71. The Balaban J connectivity index is 1.65. The predicted molar refractivity (Wildman–Crippen MR) is 91.7 cm³/mol. The molecule has 0 aliphatic heterocycles. The summed E-state index contributed by atoms with van der Waals surface area (Å²) in [6.07, 6.45) is 10.8. The molecule has 1 unspecified atom stereocenters. The fourth-order valence-electron chi connectivity index (χ4n) is 2.71. The maximum absolute atomic E-state index is 4.64. The van der Waals surface area contributed by atoms with Crippen LogP contribution in [0.15, 0.2) is 60.7 Å². The number of allylic oxidation sites excluding steroid dienone is 4. The second-order valence-electron chi connectivity index (χ2n) is 5.71. The third-order valence-corrected chi connectivity index (χ3v) is 4.06. The van der Waals surface area contributed by atoms with Gasteiger partial charge in [-0.25, -0.2) is 15.0 Å². The number of H-pyrrole nitrogens is 1. The lowest BCUT2D eigenvalue weighted by Gasteiger charge is -2.18. The summed E-state index contributed by atoms with van der Waals surface area (Å²) in [5.74, 6) is 1.08. The van der Waals surface area contributed by atoms with E-state index in [-0.39, 0.29) is 0 Å². The summed E-state index contributed by atoms with van der Waals surface area (Å²) in [6.45, 7) is 2.19. The van der Waals surface area contributed by atoms with Gasteiger partial charge in [0.05, 0.1) is 23.1 Å². The number of imidazole rings is 1. The highest BCUT2D eigenvalue weighted by molar-refractivity contribution is 5.80. The minimum Gasteiger partial charge on any atom is -0.345 e. The van der Waals surface area contributed by atoms with E-state index in [0.717, 1.165) is 34.4 Å². The quantitative estimate of drug-likeness (QED) is 0.770. The molecule has 1 aromatic carbocycles. The number of nitrogens with zero attached hydrogens (tertiary/aromatic N) is 3. The number of nitrogens with one attached hydrogen (secondary N) is 2. The molecule has 0 saturated heterocycles. The van der Waals surface area contributed by atoms with Gasteiger partial charge in [0.1, 0.15) is 0 Å². The average Bonchev–Trinajstić information content (AvgIpc) is 3.05. The number of benzene rings is 1. The molecule has 23 heavy (non-hydrogen) atoms. The summed E-state index contributed by atoms with van der Waals surface area (Å²) in [5.41, 5.74) is 5.03. The summed E-state index contributed by atoms with van der Waals surface area (Å²) in [6, 6.07) is 7.99. The largest absolute Gasteiger partial charge is 0.345 e. The third-order valence-electron chi connectivity index (χ3n) is 4.06. The molecule has 0 saturated carbocycles. The van der Waals surface area contributed by atoms with Crippen molar-refractivity contribution >= 4 is 17.0 Å². The van der Waals surface area contributed by atoms with Gasteiger partial charge in [0.25, 0.3) is 0 Å². The first-order chi connectivity index (χ1) is 11.3. The van der Waals surface area contributed by atoms with Crippen molar-refractivity contribution in [2.24, 2.45) is 5.92 Å². The predicted octanol–water partition coefficient (Wildman–Crippen LogP) is 3.91. The normalized spacial score (nSPS) is 17.3. The van der Waals surface area contributed by atoms with Crippen molar-refractivity contribution in [2.75, 3.05) is 5.32 Å². The van der Waals surface area contributed by atoms with Crippen LogP contribution in [-0.2, 0) is 0 Å². The molecule has 2 heterocycles. The summed E-state index contributed by atoms with van der Waals surface area (Å²) in [5, 5.41) is 3.34. The van der Waals surface area contributed by atoms with Crippen LogP contribution in [0.4, 0.5) is 5.95 Å². The number of fused-ring (bicyclic) bond motifs is 1. The summed E-state index contributed by atoms with van der Waals surface area (Å²) >= 11 is 0. The molecule has 1 aliphatic rings. The molecule has 5 heteroatoms. The zero-order valence-corrected chi connectivity index (χ0v) is 12.8. The van der Waals surface area contributed by atoms with E-state index < -0.39 is 0 Å². The van der Waals surface area contributed by atoms with Gasteiger partial charge in [-0.15, -0.1) is 0 Å². The van der Waals surface area contributed by atoms with E-state index in [1.807, 2.05) is 18.2 Å². The van der Waals surface area contributed by atoms with Crippen LogP contribution >= 0.6 is 0 Å². The molecule has 114 valence electrons. The molecule has 4 rings (SSSR count). The highest BCUT2D eigenvalue weighted by atomic mass is 15.1. The molecule has 0 radical (unpaired) electrons. The molecule has 2 aromatic heterocycles. The minimum atomic E-state index is 0.452. The molecule has 0 amide bonds. The molecule has 2 N–H and O–H groups in total. The van der Waals surface area contributed by atoms with Gasteiger partial charge in [-0.05, 0) is 36.6 Å². The van der Waals surface area contributed by atoms with Gasteiger partial charge in [0.15, 0.2) is 0 Å². The van der Waals surface area contributed by atoms with Gasteiger partial charge in [-0.3, -0.25) is 0 Å². The van der Waals surface area contributed by atoms with Crippen LogP contribution in [0.1, 0.15) is 13.3 Å². The fraction of sp³-hybridized carbons (Fsp3) is 0.167. The molecule has 0 bridgehead atoms. The summed E-state index contributed by atoms with van der Waals surface area (Å²) < 4.78 is 0. The SMILES string of the molecule is CC1CC=CC=C1Nc1nccc(-c2ccc3nc[nH]c3c2)n1. The van der Waals surface area contributed by atoms with Gasteiger partial charge < -0.3 is 10.3 Å². The van der Waals surface area contributed by atoms with Crippen molar-refractivity contribution in [3.8, 4) is 11.3 Å². The number of rotatable bonds is 3. The lowest BCUT2D eigenvalue weighted by molar-refractivity contribution is 0.689. The Morgan fingerprint density at radius 2 is 2.17 bits per heavy atom. The monoisotopic (exact) mass is 303 g/mol. The molecule has 0 spiro atoms. The van der Waals surface area contributed by atoms with Crippen LogP contribution in [0.2, 0.25) is 0 Å². The first kappa shape index (κ1) is 13.7. The lowest BCUT2D eigenvalue weighted by Crippen LogP contribution is -2.12. The third kappa shape index (κ3) is 2.73. The number of aromatic nitrogens is 4. The summed E-state index contributed by atoms with van der Waals surface area (Å²) in [7, 11) is 0. The Bertz CT molecular complexity index is 906. The van der Waals surface area contributed by atoms with Crippen molar-refractivity contribution in [1.29, 1.82) is 0 Å². The Labute approximate surface area is 134 Å². The van der Waals surface area contributed by atoms with Crippen molar-refractivity contribution in [3.63, 3.8) is 0 Å². The maximum atomic E-state index is 4.64. The van der Waals surface area contributed by atoms with Gasteiger partial charge in [-0.1, -0.05) is 25.1 Å². The first-order valence-electron chi connectivity index (χ1n) is 7.70. The topological polar surface area (TPSA) is 66.5 Å². The molecule has 1 atom stereocenters. The second kappa shape index (κ2) is 5.68. The van der Waals surface area contributed by atoms with E-state index in [9.17, 15) is 0 Å². The fourth-order valence-corrected chi connectivity index (χ4v) is 2.71. The maximum Gasteiger partial charge on any atom is 0.227 e. The van der Waals surface area contributed by atoms with Crippen LogP contribution < -0.4 is 5.32 Å². The van der Waals surface area contributed by atoms with E-state index in [2.05, 4.69) is 56.5 Å². The van der Waals surface area contributed by atoms with Crippen molar-refractivity contribution in [1.82, 2.24) is 19.9 Å². The highest BCUT2D eigenvalue weighted by Gasteiger charge is 2.12. The number of aromatic amines is 1. The van der Waals surface area contributed by atoms with Gasteiger partial charge in [0, 0.05) is 17.5 Å². The molecule has 1 aliphatic carbocycles. The lowest BCUT2D eigenvalue weighted by atomic mass is 9.99. The Hall–Kier alpha value is -2.95. The van der Waals surface area contributed by atoms with Crippen LogP contribution in [0.3, 0.4) is 0 Å². The van der Waals surface area contributed by atoms with Crippen LogP contribution in [-0.4, -0.2) is 19.9 Å². The first-order valence-corrected chi connectivity index (χ1v) is 7.70. The van der Waals surface area contributed by atoms with E-state index in [0.29, 0.717) is 11.9 Å². The van der Waals surface area contributed by atoms with Crippen molar-refractivity contribution in [3.05, 3.63) is 60.7 Å². The standard InChI is InChI=1S/C18H17N5/c1-12-4-2-3-5-14(12)22-18-19-9-8-15(23-18)13-6-7-16-17(10-13)21-11-20-16/h2-3,5-12H,4H2,1H3,(H,20,21)(H,19,22,23). The van der Waals surface area contributed by atoms with Crippen molar-refractivity contribution in [2.45, 2.75) is 13.3 Å².